The Labute approximate surface area is 194 Å². The number of nitro benzene ring substituents is 1. The number of anilines is 1. The van der Waals surface area contributed by atoms with Crippen molar-refractivity contribution < 1.29 is 28.7 Å². The van der Waals surface area contributed by atoms with Gasteiger partial charge >= 0.3 is 5.97 Å². The van der Waals surface area contributed by atoms with Gasteiger partial charge in [0.1, 0.15) is 5.02 Å². The molecule has 0 fully saturated rings. The molecule has 0 radical (unpaired) electrons. The molecule has 0 bridgehead atoms. The molecular weight excluding hydrogens is 452 g/mol. The van der Waals surface area contributed by atoms with Gasteiger partial charge in [0.25, 0.3) is 11.6 Å². The molecule has 1 atom stereocenters. The largest absolute Gasteiger partial charge is 0.493 e. The average molecular weight is 471 g/mol. The first-order chi connectivity index (χ1) is 15.9. The van der Waals surface area contributed by atoms with Crippen molar-refractivity contribution in [1.82, 2.24) is 0 Å². The van der Waals surface area contributed by atoms with Gasteiger partial charge in [-0.25, -0.2) is 4.79 Å². The van der Waals surface area contributed by atoms with Crippen LogP contribution in [0.5, 0.6) is 11.5 Å². The number of nitrogens with zero attached hydrogens (tertiary/aromatic N) is 1. The molecular formula is C23H19ClN2O7. The van der Waals surface area contributed by atoms with Crippen molar-refractivity contribution in [3.8, 4) is 11.5 Å². The Balaban J connectivity index is 1.75. The van der Waals surface area contributed by atoms with Crippen molar-refractivity contribution in [3.63, 3.8) is 0 Å². The van der Waals surface area contributed by atoms with Crippen molar-refractivity contribution in [3.05, 3.63) is 93.5 Å². The number of nitro groups is 1. The fraction of sp³-hybridized carbons (Fsp3) is 0.130. The third kappa shape index (κ3) is 6.20. The van der Waals surface area contributed by atoms with Gasteiger partial charge in [0, 0.05) is 17.3 Å². The van der Waals surface area contributed by atoms with Crippen LogP contribution in [0.1, 0.15) is 11.7 Å². The minimum absolute atomic E-state index is 0.0717. The maximum absolute atomic E-state index is 12.9. The lowest BCUT2D eigenvalue weighted by Gasteiger charge is -2.18. The maximum Gasteiger partial charge on any atom is 0.345 e. The van der Waals surface area contributed by atoms with Gasteiger partial charge in [0.05, 0.1) is 12.0 Å². The molecule has 0 aliphatic carbocycles. The number of benzene rings is 3. The van der Waals surface area contributed by atoms with Gasteiger partial charge in [-0.1, -0.05) is 54.1 Å². The average Bonchev–Trinajstić information content (AvgIpc) is 2.82. The molecule has 3 rings (SSSR count). The zero-order valence-electron chi connectivity index (χ0n) is 17.4. The molecule has 1 N–H and O–H groups in total. The van der Waals surface area contributed by atoms with Crippen LogP contribution in [-0.4, -0.2) is 30.5 Å². The molecule has 0 heterocycles. The van der Waals surface area contributed by atoms with E-state index >= 15 is 0 Å². The second-order valence-corrected chi connectivity index (χ2v) is 7.04. The second-order valence-electron chi connectivity index (χ2n) is 6.63. The lowest BCUT2D eigenvalue weighted by atomic mass is 10.1. The van der Waals surface area contributed by atoms with Crippen LogP contribution in [0, 0.1) is 10.1 Å². The van der Waals surface area contributed by atoms with E-state index in [1.807, 2.05) is 0 Å². The van der Waals surface area contributed by atoms with E-state index in [9.17, 15) is 19.7 Å². The molecule has 33 heavy (non-hydrogen) atoms. The van der Waals surface area contributed by atoms with E-state index in [1.54, 1.807) is 54.6 Å². The third-order valence-corrected chi connectivity index (χ3v) is 4.73. The molecule has 9 nitrogen and oxygen atoms in total. The minimum Gasteiger partial charge on any atom is -0.493 e. The van der Waals surface area contributed by atoms with Crippen molar-refractivity contribution >= 4 is 34.9 Å². The van der Waals surface area contributed by atoms with E-state index in [-0.39, 0.29) is 16.4 Å². The van der Waals surface area contributed by atoms with Gasteiger partial charge in [0.15, 0.2) is 18.1 Å². The molecule has 170 valence electrons. The lowest BCUT2D eigenvalue weighted by Crippen LogP contribution is -2.28. The van der Waals surface area contributed by atoms with Crippen molar-refractivity contribution in [2.24, 2.45) is 0 Å². The Morgan fingerprint density at radius 1 is 1.03 bits per heavy atom. The van der Waals surface area contributed by atoms with Crippen LogP contribution < -0.4 is 14.8 Å². The topological polar surface area (TPSA) is 117 Å². The van der Waals surface area contributed by atoms with Gasteiger partial charge in [0.2, 0.25) is 6.10 Å². The zero-order valence-corrected chi connectivity index (χ0v) is 18.2. The summed E-state index contributed by atoms with van der Waals surface area (Å²) in [5, 5.41) is 13.6. The smallest absolute Gasteiger partial charge is 0.345 e. The summed E-state index contributed by atoms with van der Waals surface area (Å²) in [6, 6.07) is 18.9. The number of carbonyl (C=O) groups excluding carboxylic acids is 2. The molecule has 0 spiro atoms. The number of carbonyl (C=O) groups is 2. The van der Waals surface area contributed by atoms with Crippen LogP contribution in [-0.2, 0) is 14.3 Å². The highest BCUT2D eigenvalue weighted by Gasteiger charge is 2.26. The third-order valence-electron chi connectivity index (χ3n) is 4.41. The Kier molecular flexibility index (Phi) is 7.82. The monoisotopic (exact) mass is 470 g/mol. The Hall–Kier alpha value is -4.11. The Morgan fingerprint density at radius 2 is 1.70 bits per heavy atom. The van der Waals surface area contributed by atoms with Gasteiger partial charge < -0.3 is 19.5 Å². The summed E-state index contributed by atoms with van der Waals surface area (Å²) < 4.78 is 16.0. The molecule has 0 saturated heterocycles. The number of esters is 1. The van der Waals surface area contributed by atoms with Gasteiger partial charge in [-0.05, 0) is 24.3 Å². The van der Waals surface area contributed by atoms with E-state index in [0.717, 1.165) is 6.07 Å². The predicted molar refractivity (Wildman–Crippen MR) is 121 cm³/mol. The fourth-order valence-corrected chi connectivity index (χ4v) is 3.07. The van der Waals surface area contributed by atoms with Crippen LogP contribution in [0.3, 0.4) is 0 Å². The molecule has 3 aromatic rings. The number of hydrogen-bond donors (Lipinski definition) is 1. The number of hydrogen-bond acceptors (Lipinski definition) is 7. The number of methoxy groups -OCH3 is 1. The molecule has 0 saturated carbocycles. The van der Waals surface area contributed by atoms with E-state index in [4.69, 9.17) is 25.8 Å². The predicted octanol–water partition coefficient (Wildman–Crippen LogP) is 4.56. The highest BCUT2D eigenvalue weighted by Crippen LogP contribution is 2.29. The van der Waals surface area contributed by atoms with Gasteiger partial charge in [-0.15, -0.1) is 0 Å². The SMILES string of the molecule is COc1ccccc1OCC(=O)OC(C(=O)Nc1ccc(Cl)c([N+](=O)[O-])c1)c1ccccc1. The lowest BCUT2D eigenvalue weighted by molar-refractivity contribution is -0.384. The number of rotatable bonds is 9. The highest BCUT2D eigenvalue weighted by molar-refractivity contribution is 6.32. The minimum atomic E-state index is -1.32. The molecule has 1 unspecified atom stereocenters. The van der Waals surface area contributed by atoms with Crippen LogP contribution >= 0.6 is 11.6 Å². The first kappa shape index (κ1) is 23.6. The fourth-order valence-electron chi connectivity index (χ4n) is 2.88. The maximum atomic E-state index is 12.9. The van der Waals surface area contributed by atoms with E-state index < -0.39 is 29.5 Å². The van der Waals surface area contributed by atoms with Crippen LogP contribution in [0.25, 0.3) is 0 Å². The molecule has 0 aromatic heterocycles. The number of nitrogens with one attached hydrogen (secondary N) is 1. The van der Waals surface area contributed by atoms with Gasteiger partial charge in [-0.2, -0.15) is 0 Å². The molecule has 1 amide bonds. The van der Waals surface area contributed by atoms with Crippen molar-refractivity contribution in [2.45, 2.75) is 6.10 Å². The van der Waals surface area contributed by atoms with Crippen LogP contribution in [0.4, 0.5) is 11.4 Å². The Morgan fingerprint density at radius 3 is 2.36 bits per heavy atom. The number of para-hydroxylation sites is 2. The zero-order chi connectivity index (χ0) is 23.8. The number of halogens is 1. The summed E-state index contributed by atoms with van der Waals surface area (Å²) in [7, 11) is 1.47. The van der Waals surface area contributed by atoms with Crippen LogP contribution in [0.2, 0.25) is 5.02 Å². The molecule has 0 aliphatic heterocycles. The second kappa shape index (κ2) is 11.0. The van der Waals surface area contributed by atoms with Crippen molar-refractivity contribution in [2.75, 3.05) is 19.0 Å². The normalized spacial score (nSPS) is 11.2. The van der Waals surface area contributed by atoms with E-state index in [2.05, 4.69) is 5.32 Å². The molecule has 0 aliphatic rings. The molecule has 10 heteroatoms. The highest BCUT2D eigenvalue weighted by atomic mass is 35.5. The summed E-state index contributed by atoms with van der Waals surface area (Å²) in [6.45, 7) is -0.469. The summed E-state index contributed by atoms with van der Waals surface area (Å²) in [4.78, 5) is 35.9. The molecule has 3 aromatic carbocycles. The first-order valence-corrected chi connectivity index (χ1v) is 10.0. The first-order valence-electron chi connectivity index (χ1n) is 9.64. The Bertz CT molecular complexity index is 1150. The number of ether oxygens (including phenoxy) is 3. The van der Waals surface area contributed by atoms with E-state index in [0.29, 0.717) is 17.1 Å². The van der Waals surface area contributed by atoms with Crippen molar-refractivity contribution in [1.29, 1.82) is 0 Å². The standard InChI is InChI=1S/C23H19ClN2O7/c1-31-19-9-5-6-10-20(19)32-14-21(27)33-22(15-7-3-2-4-8-15)23(28)25-16-11-12-17(24)18(13-16)26(29)30/h2-13,22H,14H2,1H3,(H,25,28). The summed E-state index contributed by atoms with van der Waals surface area (Å²) in [6.07, 6.45) is -1.32. The summed E-state index contributed by atoms with van der Waals surface area (Å²) >= 11 is 5.82. The van der Waals surface area contributed by atoms with E-state index in [1.165, 1.54) is 19.2 Å². The van der Waals surface area contributed by atoms with Gasteiger partial charge in [-0.3, -0.25) is 14.9 Å². The quantitative estimate of drug-likeness (QED) is 0.277. The summed E-state index contributed by atoms with van der Waals surface area (Å²) in [5.41, 5.74) is 0.162. The number of amides is 1. The van der Waals surface area contributed by atoms with Crippen LogP contribution in [0.15, 0.2) is 72.8 Å². The summed E-state index contributed by atoms with van der Waals surface area (Å²) in [5.74, 6) is -0.728.